The molecule has 2 rings (SSSR count). The molecule has 0 aliphatic carbocycles. The van der Waals surface area contributed by atoms with Gasteiger partial charge in [0.2, 0.25) is 6.29 Å². The minimum atomic E-state index is -3.52. The third kappa shape index (κ3) is 7.98. The van der Waals surface area contributed by atoms with E-state index in [1.807, 2.05) is 31.2 Å². The predicted molar refractivity (Wildman–Crippen MR) is 104 cm³/mol. The van der Waals surface area contributed by atoms with Gasteiger partial charge in [-0.15, -0.1) is 0 Å². The standard InChI is InChI=1S/C20H24O7S/c1-3-24-20(26-15-21)14-17-6-8-18(9-7-17)25-13-12-16-4-10-19(11-5-16)27-28(2,22)23/h4-11,15,20H,3,12-14H2,1-2H3. The van der Waals surface area contributed by atoms with Crippen LogP contribution in [0.5, 0.6) is 11.5 Å². The van der Waals surface area contributed by atoms with E-state index in [4.69, 9.17) is 18.4 Å². The van der Waals surface area contributed by atoms with Crippen LogP contribution in [0.15, 0.2) is 48.5 Å². The quantitative estimate of drug-likeness (QED) is 0.303. The predicted octanol–water partition coefficient (Wildman–Crippen LogP) is 2.72. The summed E-state index contributed by atoms with van der Waals surface area (Å²) < 4.78 is 42.9. The summed E-state index contributed by atoms with van der Waals surface area (Å²) in [6.07, 6.45) is 1.55. The van der Waals surface area contributed by atoms with Crippen molar-refractivity contribution in [2.75, 3.05) is 19.5 Å². The molecule has 28 heavy (non-hydrogen) atoms. The minimum Gasteiger partial charge on any atom is -0.493 e. The Morgan fingerprint density at radius 2 is 1.57 bits per heavy atom. The van der Waals surface area contributed by atoms with Gasteiger partial charge < -0.3 is 18.4 Å². The highest BCUT2D eigenvalue weighted by Crippen LogP contribution is 2.17. The van der Waals surface area contributed by atoms with Crippen molar-refractivity contribution in [1.29, 1.82) is 0 Å². The van der Waals surface area contributed by atoms with Gasteiger partial charge in [0.15, 0.2) is 0 Å². The molecule has 0 N–H and O–H groups in total. The van der Waals surface area contributed by atoms with Crippen LogP contribution in [0.3, 0.4) is 0 Å². The van der Waals surface area contributed by atoms with Crippen molar-refractivity contribution in [2.24, 2.45) is 0 Å². The second kappa shape index (κ2) is 10.7. The van der Waals surface area contributed by atoms with Crippen LogP contribution in [0.4, 0.5) is 0 Å². The fourth-order valence-corrected chi connectivity index (χ4v) is 2.94. The fraction of sp³-hybridized carbons (Fsp3) is 0.350. The van der Waals surface area contributed by atoms with Crippen molar-refractivity contribution in [3.63, 3.8) is 0 Å². The lowest BCUT2D eigenvalue weighted by molar-refractivity contribution is -0.162. The largest absolute Gasteiger partial charge is 0.493 e. The van der Waals surface area contributed by atoms with Gasteiger partial charge in [-0.2, -0.15) is 8.42 Å². The molecule has 0 bridgehead atoms. The minimum absolute atomic E-state index is 0.284. The maximum atomic E-state index is 11.1. The van der Waals surface area contributed by atoms with E-state index in [1.54, 1.807) is 24.3 Å². The maximum Gasteiger partial charge on any atom is 0.306 e. The average Bonchev–Trinajstić information content (AvgIpc) is 2.64. The molecule has 0 aliphatic heterocycles. The van der Waals surface area contributed by atoms with E-state index in [2.05, 4.69) is 0 Å². The molecule has 152 valence electrons. The van der Waals surface area contributed by atoms with Crippen molar-refractivity contribution in [1.82, 2.24) is 0 Å². The van der Waals surface area contributed by atoms with E-state index >= 15 is 0 Å². The van der Waals surface area contributed by atoms with Crippen LogP contribution in [0.1, 0.15) is 18.1 Å². The lowest BCUT2D eigenvalue weighted by Gasteiger charge is -2.15. The van der Waals surface area contributed by atoms with Gasteiger partial charge >= 0.3 is 10.1 Å². The van der Waals surface area contributed by atoms with Gasteiger partial charge in [0.1, 0.15) is 11.5 Å². The molecule has 2 aromatic rings. The lowest BCUT2D eigenvalue weighted by atomic mass is 10.1. The number of hydrogen-bond donors (Lipinski definition) is 0. The third-order valence-corrected chi connectivity index (χ3v) is 4.21. The molecule has 1 unspecified atom stereocenters. The molecule has 0 amide bonds. The molecule has 8 heteroatoms. The zero-order valence-corrected chi connectivity index (χ0v) is 16.7. The van der Waals surface area contributed by atoms with Crippen molar-refractivity contribution < 1.29 is 31.6 Å². The van der Waals surface area contributed by atoms with Crippen molar-refractivity contribution in [3.8, 4) is 11.5 Å². The highest BCUT2D eigenvalue weighted by atomic mass is 32.2. The molecule has 0 saturated carbocycles. The normalized spacial score (nSPS) is 12.2. The summed E-state index contributed by atoms with van der Waals surface area (Å²) in [6.45, 7) is 3.16. The van der Waals surface area contributed by atoms with Crippen LogP contribution < -0.4 is 8.92 Å². The summed E-state index contributed by atoms with van der Waals surface area (Å²) >= 11 is 0. The zero-order chi connectivity index (χ0) is 20.4. The SMILES string of the molecule is CCOC(Cc1ccc(OCCc2ccc(OS(C)(=O)=O)cc2)cc1)OC=O. The highest BCUT2D eigenvalue weighted by Gasteiger charge is 2.10. The van der Waals surface area contributed by atoms with Gasteiger partial charge in [-0.1, -0.05) is 24.3 Å². The van der Waals surface area contributed by atoms with Crippen molar-refractivity contribution in [3.05, 3.63) is 59.7 Å². The Labute approximate surface area is 165 Å². The number of benzene rings is 2. The Hall–Kier alpha value is -2.58. The Balaban J connectivity index is 1.80. The maximum absolute atomic E-state index is 11.1. The molecular weight excluding hydrogens is 384 g/mol. The first-order valence-electron chi connectivity index (χ1n) is 8.80. The molecule has 2 aromatic carbocycles. The fourth-order valence-electron chi connectivity index (χ4n) is 2.48. The molecule has 0 saturated heterocycles. The molecule has 7 nitrogen and oxygen atoms in total. The molecule has 0 fully saturated rings. The van der Waals surface area contributed by atoms with E-state index in [0.29, 0.717) is 32.5 Å². The van der Waals surface area contributed by atoms with Gasteiger partial charge in [0.25, 0.3) is 6.47 Å². The summed E-state index contributed by atoms with van der Waals surface area (Å²) in [4.78, 5) is 10.5. The van der Waals surface area contributed by atoms with E-state index in [-0.39, 0.29) is 5.75 Å². The molecular formula is C20H24O7S. The number of rotatable bonds is 12. The van der Waals surface area contributed by atoms with E-state index in [9.17, 15) is 13.2 Å². The smallest absolute Gasteiger partial charge is 0.306 e. The van der Waals surface area contributed by atoms with Gasteiger partial charge in [-0.25, -0.2) is 0 Å². The third-order valence-electron chi connectivity index (χ3n) is 3.72. The molecule has 0 aliphatic rings. The number of carbonyl (C=O) groups is 1. The van der Waals surface area contributed by atoms with Gasteiger partial charge in [-0.05, 0) is 42.3 Å². The first kappa shape index (κ1) is 21.7. The van der Waals surface area contributed by atoms with Crippen LogP contribution in [0, 0.1) is 0 Å². The summed E-state index contributed by atoms with van der Waals surface area (Å²) in [7, 11) is -3.52. The second-order valence-electron chi connectivity index (χ2n) is 6.00. The van der Waals surface area contributed by atoms with Crippen LogP contribution in [0.2, 0.25) is 0 Å². The first-order valence-corrected chi connectivity index (χ1v) is 10.6. The molecule has 0 heterocycles. The number of carbonyl (C=O) groups excluding carboxylic acids is 1. The van der Waals surface area contributed by atoms with E-state index in [1.165, 1.54) is 0 Å². The second-order valence-corrected chi connectivity index (χ2v) is 7.57. The van der Waals surface area contributed by atoms with E-state index < -0.39 is 16.4 Å². The Morgan fingerprint density at radius 3 is 2.14 bits per heavy atom. The van der Waals surface area contributed by atoms with Crippen molar-refractivity contribution >= 4 is 16.6 Å². The Bertz CT molecular complexity index is 830. The van der Waals surface area contributed by atoms with Gasteiger partial charge in [-0.3, -0.25) is 4.79 Å². The highest BCUT2D eigenvalue weighted by molar-refractivity contribution is 7.86. The Kier molecular flexibility index (Phi) is 8.28. The summed E-state index contributed by atoms with van der Waals surface area (Å²) in [5.41, 5.74) is 1.97. The topological polar surface area (TPSA) is 88.1 Å². The van der Waals surface area contributed by atoms with Gasteiger partial charge in [0.05, 0.1) is 12.9 Å². The summed E-state index contributed by atoms with van der Waals surface area (Å²) in [5, 5.41) is 0. The summed E-state index contributed by atoms with van der Waals surface area (Å²) in [6, 6.07) is 14.3. The van der Waals surface area contributed by atoms with E-state index in [0.717, 1.165) is 23.1 Å². The Morgan fingerprint density at radius 1 is 0.964 bits per heavy atom. The van der Waals surface area contributed by atoms with Gasteiger partial charge in [0, 0.05) is 19.4 Å². The lowest BCUT2D eigenvalue weighted by Crippen LogP contribution is -2.19. The molecule has 0 spiro atoms. The molecule has 0 radical (unpaired) electrons. The average molecular weight is 408 g/mol. The zero-order valence-electron chi connectivity index (χ0n) is 15.9. The first-order chi connectivity index (χ1) is 13.4. The van der Waals surface area contributed by atoms with Crippen molar-refractivity contribution in [2.45, 2.75) is 26.1 Å². The number of ether oxygens (including phenoxy) is 3. The van der Waals surface area contributed by atoms with Crippen LogP contribution in [-0.4, -0.2) is 40.6 Å². The monoisotopic (exact) mass is 408 g/mol. The molecule has 0 aromatic heterocycles. The van der Waals surface area contributed by atoms with Crippen LogP contribution >= 0.6 is 0 Å². The molecule has 1 atom stereocenters. The number of hydrogen-bond acceptors (Lipinski definition) is 7. The van der Waals surface area contributed by atoms with Crippen LogP contribution in [0.25, 0.3) is 0 Å². The van der Waals surface area contributed by atoms with Crippen LogP contribution in [-0.2, 0) is 37.2 Å². The summed E-state index contributed by atoms with van der Waals surface area (Å²) in [5.74, 6) is 1.01.